The maximum Gasteiger partial charge on any atom is 0.303 e. The van der Waals surface area contributed by atoms with Crippen molar-refractivity contribution in [1.29, 1.82) is 0 Å². The molecule has 0 bridgehead atoms. The van der Waals surface area contributed by atoms with Crippen LogP contribution in [0.4, 0.5) is 4.39 Å². The smallest absolute Gasteiger partial charge is 0.303 e. The van der Waals surface area contributed by atoms with E-state index in [-0.39, 0.29) is 18.2 Å². The number of rotatable bonds is 6. The van der Waals surface area contributed by atoms with Crippen LogP contribution >= 0.6 is 0 Å². The molecule has 21 heavy (non-hydrogen) atoms. The molecule has 0 saturated carbocycles. The molecule has 2 rings (SSSR count). The van der Waals surface area contributed by atoms with E-state index in [0.717, 1.165) is 11.3 Å². The summed E-state index contributed by atoms with van der Waals surface area (Å²) in [4.78, 5) is 11.0. The molecule has 1 atom stereocenters. The van der Waals surface area contributed by atoms with Crippen LogP contribution in [0.15, 0.2) is 48.5 Å². The number of aliphatic carboxylic acids is 1. The Balaban J connectivity index is 2.21. The molecule has 0 spiro atoms. The summed E-state index contributed by atoms with van der Waals surface area (Å²) >= 11 is 0. The average Bonchev–Trinajstić information content (AvgIpc) is 2.47. The highest BCUT2D eigenvalue weighted by atomic mass is 19.1. The predicted octanol–water partition coefficient (Wildman–Crippen LogP) is 3.64. The minimum Gasteiger partial charge on any atom is -0.497 e. The Kier molecular flexibility index (Phi) is 4.93. The quantitative estimate of drug-likeness (QED) is 0.882. The van der Waals surface area contributed by atoms with E-state index < -0.39 is 5.97 Å². The summed E-state index contributed by atoms with van der Waals surface area (Å²) in [5.74, 6) is -0.749. The van der Waals surface area contributed by atoms with Crippen molar-refractivity contribution in [2.24, 2.45) is 0 Å². The Morgan fingerprint density at radius 2 is 1.95 bits per heavy atom. The second kappa shape index (κ2) is 6.88. The average molecular weight is 288 g/mol. The van der Waals surface area contributed by atoms with Crippen molar-refractivity contribution >= 4 is 5.97 Å². The van der Waals surface area contributed by atoms with E-state index in [9.17, 15) is 9.18 Å². The van der Waals surface area contributed by atoms with E-state index in [2.05, 4.69) is 0 Å². The van der Waals surface area contributed by atoms with Crippen LogP contribution in [0.5, 0.6) is 5.75 Å². The molecule has 0 aliphatic rings. The Labute approximate surface area is 123 Å². The van der Waals surface area contributed by atoms with E-state index in [1.807, 2.05) is 24.3 Å². The Morgan fingerprint density at radius 1 is 1.24 bits per heavy atom. The third-order valence-electron chi connectivity index (χ3n) is 3.38. The Bertz CT molecular complexity index is 608. The van der Waals surface area contributed by atoms with Gasteiger partial charge in [0, 0.05) is 0 Å². The Morgan fingerprint density at radius 3 is 2.52 bits per heavy atom. The van der Waals surface area contributed by atoms with E-state index in [4.69, 9.17) is 9.84 Å². The van der Waals surface area contributed by atoms with Crippen LogP contribution in [0, 0.1) is 5.82 Å². The molecular weight excluding hydrogens is 271 g/mol. The van der Waals surface area contributed by atoms with Crippen molar-refractivity contribution in [3.05, 3.63) is 65.5 Å². The van der Waals surface area contributed by atoms with Gasteiger partial charge in [-0.25, -0.2) is 4.39 Å². The van der Waals surface area contributed by atoms with Gasteiger partial charge < -0.3 is 9.84 Å². The molecule has 0 fully saturated rings. The van der Waals surface area contributed by atoms with Crippen LogP contribution in [0.25, 0.3) is 0 Å². The standard InChI is InChI=1S/C17H17FO3/c1-21-16-7-5-12(6-8-16)9-14(11-17(19)20)13-3-2-4-15(18)10-13/h2-8,10,14H,9,11H2,1H3,(H,19,20). The lowest BCUT2D eigenvalue weighted by Gasteiger charge is -2.16. The molecule has 0 heterocycles. The van der Waals surface area contributed by atoms with Crippen molar-refractivity contribution in [2.45, 2.75) is 18.8 Å². The molecule has 0 aliphatic carbocycles. The predicted molar refractivity (Wildman–Crippen MR) is 78.1 cm³/mol. The number of carbonyl (C=O) groups is 1. The second-order valence-corrected chi connectivity index (χ2v) is 4.90. The zero-order chi connectivity index (χ0) is 15.2. The van der Waals surface area contributed by atoms with Crippen LogP contribution in [0.2, 0.25) is 0 Å². The van der Waals surface area contributed by atoms with Crippen LogP contribution in [-0.4, -0.2) is 18.2 Å². The number of carboxylic acid groups (broad SMARTS) is 1. The largest absolute Gasteiger partial charge is 0.497 e. The van der Waals surface area contributed by atoms with E-state index in [1.54, 1.807) is 19.2 Å². The van der Waals surface area contributed by atoms with Gasteiger partial charge in [0.1, 0.15) is 11.6 Å². The highest BCUT2D eigenvalue weighted by Gasteiger charge is 2.17. The van der Waals surface area contributed by atoms with E-state index in [0.29, 0.717) is 12.0 Å². The minimum atomic E-state index is -0.891. The summed E-state index contributed by atoms with van der Waals surface area (Å²) in [5, 5.41) is 9.06. The minimum absolute atomic E-state index is 0.0323. The van der Waals surface area contributed by atoms with Crippen LogP contribution in [0.3, 0.4) is 0 Å². The summed E-state index contributed by atoms with van der Waals surface area (Å²) in [5.41, 5.74) is 1.69. The first-order valence-corrected chi connectivity index (χ1v) is 6.68. The van der Waals surface area contributed by atoms with Crippen molar-refractivity contribution in [3.63, 3.8) is 0 Å². The highest BCUT2D eigenvalue weighted by molar-refractivity contribution is 5.68. The summed E-state index contributed by atoms with van der Waals surface area (Å²) in [6, 6.07) is 13.6. The van der Waals surface area contributed by atoms with Crippen LogP contribution < -0.4 is 4.74 Å². The lowest BCUT2D eigenvalue weighted by molar-refractivity contribution is -0.137. The molecule has 0 saturated heterocycles. The fourth-order valence-electron chi connectivity index (χ4n) is 2.33. The first-order valence-electron chi connectivity index (χ1n) is 6.68. The molecule has 3 nitrogen and oxygen atoms in total. The first-order chi connectivity index (χ1) is 10.1. The molecule has 0 aliphatic heterocycles. The van der Waals surface area contributed by atoms with Gasteiger partial charge in [-0.3, -0.25) is 4.79 Å². The molecule has 2 aromatic rings. The zero-order valence-electron chi connectivity index (χ0n) is 11.8. The van der Waals surface area contributed by atoms with E-state index >= 15 is 0 Å². The monoisotopic (exact) mass is 288 g/mol. The number of carboxylic acids is 1. The molecular formula is C17H17FO3. The maximum atomic E-state index is 13.3. The molecule has 0 aromatic heterocycles. The number of methoxy groups -OCH3 is 1. The van der Waals surface area contributed by atoms with Crippen molar-refractivity contribution < 1.29 is 19.0 Å². The van der Waals surface area contributed by atoms with Crippen LogP contribution in [-0.2, 0) is 11.2 Å². The number of hydrogen-bond acceptors (Lipinski definition) is 2. The van der Waals surface area contributed by atoms with Gasteiger partial charge in [-0.15, -0.1) is 0 Å². The third kappa shape index (κ3) is 4.31. The number of halogens is 1. The zero-order valence-corrected chi connectivity index (χ0v) is 11.8. The highest BCUT2D eigenvalue weighted by Crippen LogP contribution is 2.26. The SMILES string of the molecule is COc1ccc(CC(CC(=O)O)c2cccc(F)c2)cc1. The molecule has 1 unspecified atom stereocenters. The summed E-state index contributed by atoms with van der Waals surface area (Å²) in [7, 11) is 1.59. The fourth-order valence-corrected chi connectivity index (χ4v) is 2.33. The number of ether oxygens (including phenoxy) is 1. The topological polar surface area (TPSA) is 46.5 Å². The number of hydrogen-bond donors (Lipinski definition) is 1. The van der Waals surface area contributed by atoms with Gasteiger partial charge >= 0.3 is 5.97 Å². The van der Waals surface area contributed by atoms with Gasteiger partial charge in [-0.2, -0.15) is 0 Å². The summed E-state index contributed by atoms with van der Waals surface area (Å²) < 4.78 is 18.4. The van der Waals surface area contributed by atoms with Gasteiger partial charge in [-0.1, -0.05) is 24.3 Å². The second-order valence-electron chi connectivity index (χ2n) is 4.90. The van der Waals surface area contributed by atoms with E-state index in [1.165, 1.54) is 12.1 Å². The molecule has 0 radical (unpaired) electrons. The molecule has 0 amide bonds. The number of benzene rings is 2. The normalized spacial score (nSPS) is 11.9. The molecule has 110 valence electrons. The maximum absolute atomic E-state index is 13.3. The van der Waals surface area contributed by atoms with Crippen molar-refractivity contribution in [3.8, 4) is 5.75 Å². The lowest BCUT2D eigenvalue weighted by atomic mass is 9.89. The van der Waals surface area contributed by atoms with Gasteiger partial charge in [0.25, 0.3) is 0 Å². The van der Waals surface area contributed by atoms with Gasteiger partial charge in [-0.05, 0) is 47.7 Å². The molecule has 1 N–H and O–H groups in total. The Hall–Kier alpha value is -2.36. The van der Waals surface area contributed by atoms with Crippen LogP contribution in [0.1, 0.15) is 23.5 Å². The fraction of sp³-hybridized carbons (Fsp3) is 0.235. The summed E-state index contributed by atoms with van der Waals surface area (Å²) in [6.07, 6.45) is 0.509. The summed E-state index contributed by atoms with van der Waals surface area (Å²) in [6.45, 7) is 0. The third-order valence-corrected chi connectivity index (χ3v) is 3.38. The molecule has 4 heteroatoms. The lowest BCUT2D eigenvalue weighted by Crippen LogP contribution is -2.09. The van der Waals surface area contributed by atoms with Gasteiger partial charge in [0.2, 0.25) is 0 Å². The van der Waals surface area contributed by atoms with Gasteiger partial charge in [0.15, 0.2) is 0 Å². The first kappa shape index (κ1) is 15.0. The molecule has 2 aromatic carbocycles. The van der Waals surface area contributed by atoms with Crippen molar-refractivity contribution in [2.75, 3.05) is 7.11 Å². The van der Waals surface area contributed by atoms with Gasteiger partial charge in [0.05, 0.1) is 13.5 Å². The van der Waals surface area contributed by atoms with Crippen molar-refractivity contribution in [1.82, 2.24) is 0 Å².